The van der Waals surface area contributed by atoms with Crippen LogP contribution in [0.25, 0.3) is 10.9 Å². The SMILES string of the molecule is N#Cc1ccc(OC2CCC(N3C(=O)CCC(N4C(=O)c5ccc(N6CCN(CC7CCN(c8ccc(C(N)=O)nn8)CC7)CC6)cc5C4=O)C3=O)CC2)c2cccnc12. The third-order valence-corrected chi connectivity index (χ3v) is 12.9. The molecule has 3 saturated heterocycles. The minimum Gasteiger partial charge on any atom is -0.490 e. The zero-order valence-electron chi connectivity index (χ0n) is 33.2. The van der Waals surface area contributed by atoms with E-state index in [1.54, 1.807) is 48.7 Å². The molecule has 5 aliphatic rings. The second-order valence-corrected chi connectivity index (χ2v) is 16.4. The molecular formula is C44H46N10O6. The van der Waals surface area contributed by atoms with Crippen molar-refractivity contribution in [2.45, 2.75) is 69.6 Å². The fourth-order valence-corrected chi connectivity index (χ4v) is 9.60. The van der Waals surface area contributed by atoms with Gasteiger partial charge in [0.15, 0.2) is 11.5 Å². The van der Waals surface area contributed by atoms with Crippen molar-refractivity contribution in [3.63, 3.8) is 0 Å². The highest BCUT2D eigenvalue weighted by Crippen LogP contribution is 2.36. The van der Waals surface area contributed by atoms with Crippen LogP contribution in [0, 0.1) is 17.2 Å². The van der Waals surface area contributed by atoms with Crippen molar-refractivity contribution in [2.24, 2.45) is 11.7 Å². The molecule has 1 saturated carbocycles. The minimum absolute atomic E-state index is 0.0694. The van der Waals surface area contributed by atoms with Crippen molar-refractivity contribution < 1.29 is 28.7 Å². The van der Waals surface area contributed by atoms with Gasteiger partial charge in [-0.25, -0.2) is 0 Å². The summed E-state index contributed by atoms with van der Waals surface area (Å²) in [4.78, 5) is 80.2. The number of primary amides is 1. The van der Waals surface area contributed by atoms with Gasteiger partial charge in [0.2, 0.25) is 5.91 Å². The lowest BCUT2D eigenvalue weighted by Crippen LogP contribution is -2.59. The van der Waals surface area contributed by atoms with Crippen LogP contribution in [0.4, 0.5) is 11.5 Å². The van der Waals surface area contributed by atoms with Gasteiger partial charge in [-0.3, -0.25) is 43.7 Å². The van der Waals surface area contributed by atoms with Crippen LogP contribution < -0.4 is 20.3 Å². The predicted octanol–water partition coefficient (Wildman–Crippen LogP) is 3.54. The van der Waals surface area contributed by atoms with Crippen molar-refractivity contribution in [3.05, 3.63) is 83.2 Å². The van der Waals surface area contributed by atoms with Gasteiger partial charge in [0.05, 0.1) is 28.3 Å². The molecule has 4 fully saturated rings. The molecule has 16 nitrogen and oxygen atoms in total. The Morgan fingerprint density at radius 3 is 2.28 bits per heavy atom. The van der Waals surface area contributed by atoms with Crippen LogP contribution in [0.15, 0.2) is 60.8 Å². The van der Waals surface area contributed by atoms with Crippen LogP contribution in [-0.4, -0.2) is 123 Å². The van der Waals surface area contributed by atoms with Gasteiger partial charge in [-0.15, -0.1) is 10.2 Å². The Labute approximate surface area is 346 Å². The van der Waals surface area contributed by atoms with Crippen molar-refractivity contribution in [1.29, 1.82) is 5.26 Å². The van der Waals surface area contributed by atoms with Crippen LogP contribution in [0.5, 0.6) is 5.75 Å². The second kappa shape index (κ2) is 16.3. The lowest BCUT2D eigenvalue weighted by Gasteiger charge is -2.41. The molecular weight excluding hydrogens is 765 g/mol. The molecule has 1 aliphatic carbocycles. The molecule has 60 heavy (non-hydrogen) atoms. The zero-order chi connectivity index (χ0) is 41.5. The number of piperazine rings is 1. The number of ether oxygens (including phenoxy) is 1. The number of hydrogen-bond acceptors (Lipinski definition) is 13. The molecule has 0 bridgehead atoms. The Hall–Kier alpha value is -6.47. The average Bonchev–Trinajstić information content (AvgIpc) is 3.52. The van der Waals surface area contributed by atoms with E-state index < -0.39 is 29.7 Å². The fourth-order valence-electron chi connectivity index (χ4n) is 9.60. The maximum Gasteiger partial charge on any atom is 0.269 e. The molecule has 1 unspecified atom stereocenters. The molecule has 0 radical (unpaired) electrons. The average molecular weight is 811 g/mol. The number of nitrogens with zero attached hydrogens (tertiary/aromatic N) is 9. The van der Waals surface area contributed by atoms with Gasteiger partial charge in [0.1, 0.15) is 17.9 Å². The van der Waals surface area contributed by atoms with E-state index in [1.165, 1.54) is 4.90 Å². The van der Waals surface area contributed by atoms with Crippen molar-refractivity contribution in [2.75, 3.05) is 55.6 Å². The van der Waals surface area contributed by atoms with E-state index in [0.717, 1.165) is 80.4 Å². The number of fused-ring (bicyclic) bond motifs is 2. The summed E-state index contributed by atoms with van der Waals surface area (Å²) in [5.74, 6) is -0.424. The Balaban J connectivity index is 0.783. The Kier molecular flexibility index (Phi) is 10.6. The quantitative estimate of drug-likeness (QED) is 0.241. The maximum absolute atomic E-state index is 14.1. The van der Waals surface area contributed by atoms with Gasteiger partial charge in [0, 0.05) is 75.5 Å². The molecule has 308 valence electrons. The van der Waals surface area contributed by atoms with Crippen molar-refractivity contribution >= 4 is 51.9 Å². The number of rotatable bonds is 9. The van der Waals surface area contributed by atoms with Crippen molar-refractivity contribution in [3.8, 4) is 11.8 Å². The molecule has 6 heterocycles. The molecule has 4 aliphatic heterocycles. The molecule has 0 spiro atoms. The number of imide groups is 2. The van der Waals surface area contributed by atoms with Crippen LogP contribution in [0.1, 0.15) is 88.1 Å². The van der Waals surface area contributed by atoms with Crippen LogP contribution in [0.2, 0.25) is 0 Å². The Bertz CT molecular complexity index is 2390. The van der Waals surface area contributed by atoms with E-state index in [1.807, 2.05) is 12.1 Å². The molecule has 9 rings (SSSR count). The van der Waals surface area contributed by atoms with Crippen molar-refractivity contribution in [1.82, 2.24) is 29.9 Å². The molecule has 16 heteroatoms. The van der Waals surface area contributed by atoms with Gasteiger partial charge >= 0.3 is 0 Å². The summed E-state index contributed by atoms with van der Waals surface area (Å²) >= 11 is 0. The predicted molar refractivity (Wildman–Crippen MR) is 219 cm³/mol. The molecule has 2 aromatic carbocycles. The van der Waals surface area contributed by atoms with E-state index in [0.29, 0.717) is 54.0 Å². The number of nitrogens with two attached hydrogens (primary N) is 1. The number of benzene rings is 2. The number of anilines is 2. The number of carbonyl (C=O) groups is 5. The highest BCUT2D eigenvalue weighted by molar-refractivity contribution is 6.23. The number of pyridine rings is 1. The summed E-state index contributed by atoms with van der Waals surface area (Å²) in [6.07, 6.45) is 5.98. The number of hydrogen-bond donors (Lipinski definition) is 1. The van der Waals surface area contributed by atoms with E-state index in [2.05, 4.69) is 36.0 Å². The number of aromatic nitrogens is 3. The normalized spacial score (nSPS) is 22.9. The Morgan fingerprint density at radius 2 is 1.57 bits per heavy atom. The van der Waals surface area contributed by atoms with Gasteiger partial charge in [-0.05, 0) is 105 Å². The topological polar surface area (TPSA) is 199 Å². The first kappa shape index (κ1) is 39.0. The summed E-state index contributed by atoms with van der Waals surface area (Å²) < 4.78 is 6.38. The smallest absolute Gasteiger partial charge is 0.269 e. The summed E-state index contributed by atoms with van der Waals surface area (Å²) in [5, 5.41) is 18.4. The van der Waals surface area contributed by atoms with Crippen LogP contribution in [-0.2, 0) is 9.59 Å². The Morgan fingerprint density at radius 1 is 0.800 bits per heavy atom. The lowest BCUT2D eigenvalue weighted by molar-refractivity contribution is -0.155. The van der Waals surface area contributed by atoms with Gasteiger partial charge in [-0.1, -0.05) is 0 Å². The van der Waals surface area contributed by atoms with Gasteiger partial charge in [-0.2, -0.15) is 5.26 Å². The molecule has 4 aromatic rings. The van der Waals surface area contributed by atoms with E-state index in [9.17, 15) is 29.2 Å². The number of nitriles is 1. The number of piperidine rings is 2. The standard InChI is InChI=1S/C44H46N10O6/c45-25-28-3-12-37(33-2-1-17-47-40(28)33)60-31-7-4-29(5-8-31)53-39(55)14-11-36(44(53)59)54-42(57)32-9-6-30(24-34(32)43(54)58)51-22-20-50(21-23-51)26-27-15-18-52(19-16-27)38-13-10-35(41(46)56)48-49-38/h1-3,6,9-10,12-13,17,24,27,29,31,36H,4-5,7-8,11,14-16,18-23,26H2,(H2,46,56). The molecule has 5 amide bonds. The number of amides is 5. The summed E-state index contributed by atoms with van der Waals surface area (Å²) in [6.45, 7) is 6.02. The molecule has 2 N–H and O–H groups in total. The maximum atomic E-state index is 14.1. The molecule has 1 atom stereocenters. The van der Waals surface area contributed by atoms with Crippen LogP contribution >= 0.6 is 0 Å². The number of likely N-dealkylation sites (tertiary alicyclic amines) is 1. The molecule has 2 aromatic heterocycles. The first-order valence-electron chi connectivity index (χ1n) is 20.8. The fraction of sp³-hybridized carbons (Fsp3) is 0.432. The second-order valence-electron chi connectivity index (χ2n) is 16.4. The number of carbonyl (C=O) groups excluding carboxylic acids is 5. The monoisotopic (exact) mass is 810 g/mol. The minimum atomic E-state index is -1.05. The zero-order valence-corrected chi connectivity index (χ0v) is 33.2. The first-order chi connectivity index (χ1) is 29.2. The highest BCUT2D eigenvalue weighted by atomic mass is 16.5. The van der Waals surface area contributed by atoms with Gasteiger partial charge < -0.3 is 20.3 Å². The first-order valence-corrected chi connectivity index (χ1v) is 20.8. The summed E-state index contributed by atoms with van der Waals surface area (Å²) in [6, 6.07) is 16.7. The van der Waals surface area contributed by atoms with Gasteiger partial charge in [0.25, 0.3) is 23.6 Å². The third-order valence-electron chi connectivity index (χ3n) is 12.9. The van der Waals surface area contributed by atoms with E-state index in [-0.39, 0.29) is 42.2 Å². The largest absolute Gasteiger partial charge is 0.490 e. The summed E-state index contributed by atoms with van der Waals surface area (Å²) in [7, 11) is 0. The van der Waals surface area contributed by atoms with E-state index in [4.69, 9.17) is 10.5 Å². The van der Waals surface area contributed by atoms with Crippen LogP contribution in [0.3, 0.4) is 0 Å². The highest BCUT2D eigenvalue weighted by Gasteiger charge is 2.49. The third kappa shape index (κ3) is 7.38. The summed E-state index contributed by atoms with van der Waals surface area (Å²) in [5.41, 5.74) is 7.94. The lowest BCUT2D eigenvalue weighted by atomic mass is 9.89. The van der Waals surface area contributed by atoms with E-state index >= 15 is 0 Å².